The van der Waals surface area contributed by atoms with E-state index in [0.29, 0.717) is 6.04 Å². The molecule has 2 atom stereocenters. The molecule has 5 nitrogen and oxygen atoms in total. The molecule has 0 amide bonds. The molecule has 18 heavy (non-hydrogen) atoms. The van der Waals surface area contributed by atoms with Gasteiger partial charge < -0.3 is 19.4 Å². The maximum Gasteiger partial charge on any atom is 0.373 e. The minimum Gasteiger partial charge on any atom is -0.463 e. The van der Waals surface area contributed by atoms with Gasteiger partial charge in [-0.2, -0.15) is 0 Å². The molecule has 1 aromatic rings. The van der Waals surface area contributed by atoms with Crippen molar-refractivity contribution in [1.29, 1.82) is 0 Å². The van der Waals surface area contributed by atoms with Crippen LogP contribution < -0.4 is 5.32 Å². The molecular formula is C13H22N2O3. The van der Waals surface area contributed by atoms with Crippen LogP contribution in [0.4, 0.5) is 0 Å². The van der Waals surface area contributed by atoms with Gasteiger partial charge in [-0.3, -0.25) is 0 Å². The number of carbonyl (C=O) groups excluding carboxylic acids is 1. The zero-order valence-electron chi connectivity index (χ0n) is 11.7. The van der Waals surface area contributed by atoms with Crippen LogP contribution in [0.5, 0.6) is 0 Å². The fraction of sp³-hybridized carbons (Fsp3) is 0.615. The Morgan fingerprint density at radius 2 is 2.11 bits per heavy atom. The first-order chi connectivity index (χ1) is 8.43. The Bertz CT molecular complexity index is 387. The van der Waals surface area contributed by atoms with Gasteiger partial charge in [0, 0.05) is 12.6 Å². The van der Waals surface area contributed by atoms with Crippen LogP contribution in [0.15, 0.2) is 16.5 Å². The monoisotopic (exact) mass is 254 g/mol. The van der Waals surface area contributed by atoms with E-state index in [1.54, 1.807) is 12.1 Å². The summed E-state index contributed by atoms with van der Waals surface area (Å²) in [6.45, 7) is 5.06. The fourth-order valence-electron chi connectivity index (χ4n) is 1.91. The van der Waals surface area contributed by atoms with E-state index in [1.807, 2.05) is 21.0 Å². The third kappa shape index (κ3) is 4.16. The molecular weight excluding hydrogens is 232 g/mol. The van der Waals surface area contributed by atoms with Crippen molar-refractivity contribution in [1.82, 2.24) is 10.2 Å². The Morgan fingerprint density at radius 3 is 2.67 bits per heavy atom. The lowest BCUT2D eigenvalue weighted by molar-refractivity contribution is 0.0562. The summed E-state index contributed by atoms with van der Waals surface area (Å²) in [5.74, 6) is 0.525. The number of nitrogens with zero attached hydrogens (tertiary/aromatic N) is 1. The highest BCUT2D eigenvalue weighted by atomic mass is 16.5. The quantitative estimate of drug-likeness (QED) is 0.783. The third-order valence-electron chi connectivity index (χ3n) is 2.61. The SMILES string of the molecule is COC(=O)c1ccc(C(C)NC(C)CN(C)C)o1. The van der Waals surface area contributed by atoms with Crippen LogP contribution in [-0.4, -0.2) is 44.7 Å². The van der Waals surface area contributed by atoms with Crippen molar-refractivity contribution in [3.8, 4) is 0 Å². The number of hydrogen-bond donors (Lipinski definition) is 1. The van der Waals surface area contributed by atoms with Crippen LogP contribution >= 0.6 is 0 Å². The first-order valence-corrected chi connectivity index (χ1v) is 6.03. The van der Waals surface area contributed by atoms with Gasteiger partial charge in [0.25, 0.3) is 0 Å². The average molecular weight is 254 g/mol. The number of hydrogen-bond acceptors (Lipinski definition) is 5. The zero-order valence-corrected chi connectivity index (χ0v) is 11.7. The lowest BCUT2D eigenvalue weighted by Gasteiger charge is -2.21. The normalized spacial score (nSPS) is 14.6. The molecule has 0 fully saturated rings. The van der Waals surface area contributed by atoms with E-state index in [0.717, 1.165) is 12.3 Å². The molecule has 0 aliphatic heterocycles. The van der Waals surface area contributed by atoms with Gasteiger partial charge in [0.1, 0.15) is 5.76 Å². The molecule has 0 saturated carbocycles. The second-order valence-electron chi connectivity index (χ2n) is 4.75. The molecule has 1 aromatic heterocycles. The summed E-state index contributed by atoms with van der Waals surface area (Å²) in [5.41, 5.74) is 0. The maximum atomic E-state index is 11.3. The van der Waals surface area contributed by atoms with E-state index in [1.165, 1.54) is 7.11 Å². The van der Waals surface area contributed by atoms with Gasteiger partial charge in [-0.05, 0) is 40.1 Å². The fourth-order valence-corrected chi connectivity index (χ4v) is 1.91. The van der Waals surface area contributed by atoms with E-state index >= 15 is 0 Å². The van der Waals surface area contributed by atoms with Crippen LogP contribution in [0.1, 0.15) is 36.2 Å². The molecule has 0 saturated heterocycles. The first-order valence-electron chi connectivity index (χ1n) is 6.03. The number of rotatable bonds is 6. The first kappa shape index (κ1) is 14.7. The van der Waals surface area contributed by atoms with Crippen molar-refractivity contribution in [3.05, 3.63) is 23.7 Å². The van der Waals surface area contributed by atoms with E-state index in [2.05, 4.69) is 21.9 Å². The summed E-state index contributed by atoms with van der Waals surface area (Å²) in [4.78, 5) is 13.4. The molecule has 0 aliphatic carbocycles. The average Bonchev–Trinajstić information content (AvgIpc) is 2.75. The highest BCUT2D eigenvalue weighted by molar-refractivity contribution is 5.86. The Hall–Kier alpha value is -1.33. The summed E-state index contributed by atoms with van der Waals surface area (Å²) in [6.07, 6.45) is 0. The molecule has 0 bridgehead atoms. The number of ether oxygens (including phenoxy) is 1. The van der Waals surface area contributed by atoms with Crippen LogP contribution in [-0.2, 0) is 4.74 Å². The van der Waals surface area contributed by atoms with Crippen LogP contribution in [0.3, 0.4) is 0 Å². The predicted molar refractivity (Wildman–Crippen MR) is 69.6 cm³/mol. The third-order valence-corrected chi connectivity index (χ3v) is 2.61. The van der Waals surface area contributed by atoms with Gasteiger partial charge in [0.05, 0.1) is 13.2 Å². The zero-order chi connectivity index (χ0) is 13.7. The van der Waals surface area contributed by atoms with Gasteiger partial charge in [0.2, 0.25) is 5.76 Å². The van der Waals surface area contributed by atoms with Gasteiger partial charge in [-0.15, -0.1) is 0 Å². The lowest BCUT2D eigenvalue weighted by Crippen LogP contribution is -2.37. The van der Waals surface area contributed by atoms with Crippen molar-refractivity contribution in [3.63, 3.8) is 0 Å². The topological polar surface area (TPSA) is 54.7 Å². The number of methoxy groups -OCH3 is 1. The van der Waals surface area contributed by atoms with Gasteiger partial charge in [0.15, 0.2) is 0 Å². The summed E-state index contributed by atoms with van der Waals surface area (Å²) in [7, 11) is 5.40. The Labute approximate surface area is 108 Å². The van der Waals surface area contributed by atoms with E-state index < -0.39 is 5.97 Å². The number of esters is 1. The minimum absolute atomic E-state index is 0.0540. The van der Waals surface area contributed by atoms with Crippen LogP contribution in [0.25, 0.3) is 0 Å². The molecule has 0 radical (unpaired) electrons. The number of carbonyl (C=O) groups is 1. The largest absolute Gasteiger partial charge is 0.463 e. The number of likely N-dealkylation sites (N-methyl/N-ethyl adjacent to an activating group) is 1. The standard InChI is InChI=1S/C13H22N2O3/c1-9(8-15(3)4)14-10(2)11-6-7-12(18-11)13(16)17-5/h6-7,9-10,14H,8H2,1-5H3. The second kappa shape index (κ2) is 6.56. The van der Waals surface area contributed by atoms with Crippen molar-refractivity contribution in [2.75, 3.05) is 27.7 Å². The van der Waals surface area contributed by atoms with Gasteiger partial charge >= 0.3 is 5.97 Å². The van der Waals surface area contributed by atoms with E-state index in [9.17, 15) is 4.79 Å². The number of nitrogens with one attached hydrogen (secondary N) is 1. The summed E-state index contributed by atoms with van der Waals surface area (Å²) >= 11 is 0. The Balaban J connectivity index is 2.58. The van der Waals surface area contributed by atoms with E-state index in [4.69, 9.17) is 4.42 Å². The lowest BCUT2D eigenvalue weighted by atomic mass is 10.2. The molecule has 2 unspecified atom stereocenters. The predicted octanol–water partition coefficient (Wildman–Crippen LogP) is 1.67. The van der Waals surface area contributed by atoms with Crippen molar-refractivity contribution in [2.24, 2.45) is 0 Å². The van der Waals surface area contributed by atoms with Crippen molar-refractivity contribution >= 4 is 5.97 Å². The molecule has 1 rings (SSSR count). The summed E-state index contributed by atoms with van der Waals surface area (Å²) < 4.78 is 10.1. The van der Waals surface area contributed by atoms with Crippen LogP contribution in [0.2, 0.25) is 0 Å². The molecule has 0 aromatic carbocycles. The highest BCUT2D eigenvalue weighted by Crippen LogP contribution is 2.17. The second-order valence-corrected chi connectivity index (χ2v) is 4.75. The van der Waals surface area contributed by atoms with Gasteiger partial charge in [-0.25, -0.2) is 4.79 Å². The molecule has 1 N–H and O–H groups in total. The Kier molecular flexibility index (Phi) is 5.37. The minimum atomic E-state index is -0.449. The van der Waals surface area contributed by atoms with Crippen LogP contribution in [0, 0.1) is 0 Å². The highest BCUT2D eigenvalue weighted by Gasteiger charge is 2.16. The summed E-state index contributed by atoms with van der Waals surface area (Å²) in [5, 5.41) is 3.41. The molecule has 0 aliphatic rings. The van der Waals surface area contributed by atoms with Gasteiger partial charge in [-0.1, -0.05) is 0 Å². The molecule has 5 heteroatoms. The van der Waals surface area contributed by atoms with Crippen molar-refractivity contribution in [2.45, 2.75) is 25.9 Å². The van der Waals surface area contributed by atoms with E-state index in [-0.39, 0.29) is 11.8 Å². The van der Waals surface area contributed by atoms with Crippen molar-refractivity contribution < 1.29 is 13.9 Å². The summed E-state index contributed by atoms with van der Waals surface area (Å²) in [6, 6.07) is 3.82. The molecule has 102 valence electrons. The smallest absolute Gasteiger partial charge is 0.373 e. The molecule has 0 spiro atoms. The number of furan rings is 1. The maximum absolute atomic E-state index is 11.3. The Morgan fingerprint density at radius 1 is 1.44 bits per heavy atom. The molecule has 1 heterocycles.